The second-order valence-corrected chi connectivity index (χ2v) is 3.79. The Balaban J connectivity index is 4.07. The van der Waals surface area contributed by atoms with Crippen molar-refractivity contribution in [3.8, 4) is 0 Å². The fraction of sp³-hybridized carbons (Fsp3) is 1.00. The fourth-order valence-corrected chi connectivity index (χ4v) is 1.27. The minimum atomic E-state index is -1.18. The van der Waals surface area contributed by atoms with Crippen LogP contribution in [0.2, 0.25) is 5.82 Å². The first kappa shape index (κ1) is 9.98. The Morgan fingerprint density at radius 2 is 1.70 bits per heavy atom. The Hall–Kier alpha value is -0.0151. The van der Waals surface area contributed by atoms with Crippen molar-refractivity contribution >= 4 is 7.12 Å². The lowest BCUT2D eigenvalue weighted by atomic mass is 9.58. The van der Waals surface area contributed by atoms with E-state index in [1.807, 2.05) is 27.7 Å². The largest absolute Gasteiger partial charge is 0.455 e. The Morgan fingerprint density at radius 1 is 1.30 bits per heavy atom. The summed E-state index contributed by atoms with van der Waals surface area (Å²) in [5.41, 5.74) is -0.0110. The third-order valence-electron chi connectivity index (χ3n) is 1.91. The highest BCUT2D eigenvalue weighted by Crippen LogP contribution is 2.34. The lowest BCUT2D eigenvalue weighted by Crippen LogP contribution is -2.30. The summed E-state index contributed by atoms with van der Waals surface area (Å²) in [5.74, 6) is -0.0208. The van der Waals surface area contributed by atoms with Crippen molar-refractivity contribution in [1.29, 1.82) is 0 Å². The van der Waals surface area contributed by atoms with E-state index in [1.165, 1.54) is 0 Å². The monoisotopic (exact) mass is 144 g/mol. The minimum absolute atomic E-state index is 0.0110. The highest BCUT2D eigenvalue weighted by Gasteiger charge is 2.32. The van der Waals surface area contributed by atoms with Gasteiger partial charge in [0.25, 0.3) is 0 Å². The van der Waals surface area contributed by atoms with Crippen LogP contribution in [0.4, 0.5) is 0 Å². The van der Waals surface area contributed by atoms with Crippen LogP contribution in [0, 0.1) is 5.41 Å². The van der Waals surface area contributed by atoms with Gasteiger partial charge in [0.15, 0.2) is 0 Å². The van der Waals surface area contributed by atoms with Gasteiger partial charge in [-0.05, 0) is 11.2 Å². The summed E-state index contributed by atoms with van der Waals surface area (Å²) < 4.78 is 0. The molecule has 0 aromatic carbocycles. The van der Waals surface area contributed by atoms with Gasteiger partial charge in [-0.25, -0.2) is 0 Å². The van der Waals surface area contributed by atoms with E-state index in [-0.39, 0.29) is 11.2 Å². The zero-order valence-electron chi connectivity index (χ0n) is 7.26. The molecular formula is C7H17BO2. The van der Waals surface area contributed by atoms with Crippen LogP contribution in [-0.4, -0.2) is 17.2 Å². The van der Waals surface area contributed by atoms with Gasteiger partial charge in [-0.3, -0.25) is 0 Å². The van der Waals surface area contributed by atoms with Crippen molar-refractivity contribution in [2.45, 2.75) is 39.9 Å². The average molecular weight is 144 g/mol. The van der Waals surface area contributed by atoms with E-state index >= 15 is 0 Å². The standard InChI is InChI=1S/C7H17BO2/c1-5-6(8(9)10)7(2,3)4/h6,9-10H,5H2,1-4H3. The highest BCUT2D eigenvalue weighted by atomic mass is 16.4. The molecule has 0 fully saturated rings. The molecule has 0 radical (unpaired) electrons. The van der Waals surface area contributed by atoms with Crippen LogP contribution in [0.1, 0.15) is 34.1 Å². The molecule has 2 nitrogen and oxygen atoms in total. The first-order chi connectivity index (χ1) is 4.39. The van der Waals surface area contributed by atoms with Gasteiger partial charge in [0, 0.05) is 0 Å². The molecular weight excluding hydrogens is 127 g/mol. The van der Waals surface area contributed by atoms with Crippen LogP contribution >= 0.6 is 0 Å². The molecule has 0 aliphatic rings. The molecule has 3 heteroatoms. The van der Waals surface area contributed by atoms with E-state index in [2.05, 4.69) is 0 Å². The van der Waals surface area contributed by atoms with E-state index in [4.69, 9.17) is 10.0 Å². The van der Waals surface area contributed by atoms with Crippen molar-refractivity contribution in [3.63, 3.8) is 0 Å². The van der Waals surface area contributed by atoms with Gasteiger partial charge in [-0.2, -0.15) is 0 Å². The second kappa shape index (κ2) is 3.40. The molecule has 0 heterocycles. The average Bonchev–Trinajstić information content (AvgIpc) is 1.60. The summed E-state index contributed by atoms with van der Waals surface area (Å²) in [5, 5.41) is 17.8. The molecule has 0 aliphatic heterocycles. The fourth-order valence-electron chi connectivity index (χ4n) is 1.27. The van der Waals surface area contributed by atoms with E-state index in [9.17, 15) is 0 Å². The molecule has 60 valence electrons. The van der Waals surface area contributed by atoms with Gasteiger partial charge in [0.05, 0.1) is 0 Å². The first-order valence-electron chi connectivity index (χ1n) is 3.75. The van der Waals surface area contributed by atoms with Gasteiger partial charge in [-0.15, -0.1) is 0 Å². The molecule has 2 N–H and O–H groups in total. The molecule has 0 bridgehead atoms. The maximum Gasteiger partial charge on any atom is 0.455 e. The zero-order chi connectivity index (χ0) is 8.36. The Morgan fingerprint density at radius 3 is 1.70 bits per heavy atom. The third kappa shape index (κ3) is 2.71. The predicted octanol–water partition coefficient (Wildman–Crippen LogP) is 1.29. The van der Waals surface area contributed by atoms with Crippen molar-refractivity contribution < 1.29 is 10.0 Å². The SMILES string of the molecule is CCC(B(O)O)C(C)(C)C. The predicted molar refractivity (Wildman–Crippen MR) is 43.7 cm³/mol. The van der Waals surface area contributed by atoms with Crippen LogP contribution in [0.3, 0.4) is 0 Å². The second-order valence-electron chi connectivity index (χ2n) is 3.79. The van der Waals surface area contributed by atoms with Gasteiger partial charge >= 0.3 is 7.12 Å². The van der Waals surface area contributed by atoms with E-state index in [1.54, 1.807) is 0 Å². The van der Waals surface area contributed by atoms with E-state index in [0.717, 1.165) is 6.42 Å². The maximum atomic E-state index is 8.90. The van der Waals surface area contributed by atoms with E-state index < -0.39 is 7.12 Å². The van der Waals surface area contributed by atoms with Crippen LogP contribution in [0.25, 0.3) is 0 Å². The minimum Gasteiger partial charge on any atom is -0.427 e. The van der Waals surface area contributed by atoms with Crippen LogP contribution in [-0.2, 0) is 0 Å². The van der Waals surface area contributed by atoms with Gasteiger partial charge in [-0.1, -0.05) is 34.1 Å². The summed E-state index contributed by atoms with van der Waals surface area (Å²) in [4.78, 5) is 0. The number of rotatable bonds is 2. The third-order valence-corrected chi connectivity index (χ3v) is 1.91. The smallest absolute Gasteiger partial charge is 0.427 e. The molecule has 0 aliphatic carbocycles. The molecule has 0 aromatic rings. The molecule has 0 saturated carbocycles. The molecule has 0 saturated heterocycles. The highest BCUT2D eigenvalue weighted by molar-refractivity contribution is 6.43. The molecule has 1 unspecified atom stereocenters. The lowest BCUT2D eigenvalue weighted by Gasteiger charge is -2.28. The quantitative estimate of drug-likeness (QED) is 0.573. The van der Waals surface area contributed by atoms with Crippen molar-refractivity contribution in [2.75, 3.05) is 0 Å². The van der Waals surface area contributed by atoms with Crippen LogP contribution in [0.5, 0.6) is 0 Å². The van der Waals surface area contributed by atoms with E-state index in [0.29, 0.717) is 0 Å². The lowest BCUT2D eigenvalue weighted by molar-refractivity contribution is 0.289. The molecule has 0 rings (SSSR count). The van der Waals surface area contributed by atoms with Gasteiger partial charge in [0.1, 0.15) is 0 Å². The Kier molecular flexibility index (Phi) is 3.39. The normalized spacial score (nSPS) is 15.0. The summed E-state index contributed by atoms with van der Waals surface area (Å²) in [6.45, 7) is 8.01. The van der Waals surface area contributed by atoms with Crippen LogP contribution in [0.15, 0.2) is 0 Å². The van der Waals surface area contributed by atoms with Crippen LogP contribution < -0.4 is 0 Å². The summed E-state index contributed by atoms with van der Waals surface area (Å²) in [7, 11) is -1.18. The maximum absolute atomic E-state index is 8.90. The van der Waals surface area contributed by atoms with Gasteiger partial charge in [0.2, 0.25) is 0 Å². The first-order valence-corrected chi connectivity index (χ1v) is 3.75. The molecule has 0 amide bonds. The summed E-state index contributed by atoms with van der Waals surface area (Å²) in [6.07, 6.45) is 0.807. The Bertz CT molecular complexity index is 96.3. The van der Waals surface area contributed by atoms with Crippen molar-refractivity contribution in [1.82, 2.24) is 0 Å². The zero-order valence-corrected chi connectivity index (χ0v) is 7.26. The summed E-state index contributed by atoms with van der Waals surface area (Å²) in [6, 6.07) is 0. The molecule has 0 spiro atoms. The van der Waals surface area contributed by atoms with Gasteiger partial charge < -0.3 is 10.0 Å². The Labute approximate surface area is 63.4 Å². The number of hydrogen-bond donors (Lipinski definition) is 2. The number of hydrogen-bond acceptors (Lipinski definition) is 2. The topological polar surface area (TPSA) is 40.5 Å². The molecule has 1 atom stereocenters. The molecule has 10 heavy (non-hydrogen) atoms. The summed E-state index contributed by atoms with van der Waals surface area (Å²) >= 11 is 0. The van der Waals surface area contributed by atoms with Crippen molar-refractivity contribution in [2.24, 2.45) is 5.41 Å². The molecule has 0 aromatic heterocycles. The van der Waals surface area contributed by atoms with Crippen molar-refractivity contribution in [3.05, 3.63) is 0 Å².